The van der Waals surface area contributed by atoms with Gasteiger partial charge in [0.25, 0.3) is 0 Å². The van der Waals surface area contributed by atoms with Gasteiger partial charge in [0.1, 0.15) is 0 Å². The third-order valence-electron chi connectivity index (χ3n) is 4.92. The Bertz CT molecular complexity index is 1040. The Hall–Kier alpha value is -2.99. The van der Waals surface area contributed by atoms with E-state index in [-0.39, 0.29) is 0 Å². The quantitative estimate of drug-likeness (QED) is 0.615. The molecule has 6 heteroatoms. The van der Waals surface area contributed by atoms with Gasteiger partial charge in [0.05, 0.1) is 23.3 Å². The summed E-state index contributed by atoms with van der Waals surface area (Å²) in [6, 6.07) is 16.5. The molecule has 1 aliphatic rings. The van der Waals surface area contributed by atoms with E-state index in [0.717, 1.165) is 48.5 Å². The molecule has 1 atom stereocenters. The van der Waals surface area contributed by atoms with Crippen LogP contribution in [0.3, 0.4) is 0 Å². The standard InChI is InChI=1S/C20H19N5O/c1-2-7-18-17(6-1)22-13-25(18)12-14-4-3-5-15(10-14)19-23-20(26-24-19)16-8-9-21-11-16/h1-7,10,13,16,21H,8-9,11-12H2/t16-/m1/s1. The van der Waals surface area contributed by atoms with Crippen molar-refractivity contribution in [3.8, 4) is 11.4 Å². The maximum atomic E-state index is 5.49. The fourth-order valence-corrected chi connectivity index (χ4v) is 3.53. The number of hydrogen-bond donors (Lipinski definition) is 1. The summed E-state index contributed by atoms with van der Waals surface area (Å²) in [4.78, 5) is 9.07. The van der Waals surface area contributed by atoms with Crippen molar-refractivity contribution in [2.75, 3.05) is 13.1 Å². The highest BCUT2D eigenvalue weighted by Crippen LogP contribution is 2.24. The van der Waals surface area contributed by atoms with Crippen molar-refractivity contribution in [1.29, 1.82) is 0 Å². The molecule has 1 aliphatic heterocycles. The maximum Gasteiger partial charge on any atom is 0.231 e. The van der Waals surface area contributed by atoms with E-state index in [2.05, 4.69) is 43.2 Å². The zero-order chi connectivity index (χ0) is 17.3. The highest BCUT2D eigenvalue weighted by Gasteiger charge is 2.23. The first-order valence-corrected chi connectivity index (χ1v) is 8.90. The zero-order valence-electron chi connectivity index (χ0n) is 14.3. The normalized spacial score (nSPS) is 17.2. The second-order valence-electron chi connectivity index (χ2n) is 6.71. The molecule has 5 rings (SSSR count). The molecular formula is C20H19N5O. The minimum absolute atomic E-state index is 0.330. The van der Waals surface area contributed by atoms with E-state index in [1.165, 1.54) is 5.56 Å². The van der Waals surface area contributed by atoms with Crippen LogP contribution in [0.2, 0.25) is 0 Å². The molecule has 2 aromatic heterocycles. The molecule has 0 unspecified atom stereocenters. The summed E-state index contributed by atoms with van der Waals surface area (Å²) in [6.07, 6.45) is 2.94. The van der Waals surface area contributed by atoms with Gasteiger partial charge in [-0.1, -0.05) is 35.5 Å². The van der Waals surface area contributed by atoms with E-state index < -0.39 is 0 Å². The number of aromatic nitrogens is 4. The lowest BCUT2D eigenvalue weighted by Crippen LogP contribution is -2.08. The number of nitrogens with zero attached hydrogens (tertiary/aromatic N) is 4. The van der Waals surface area contributed by atoms with Gasteiger partial charge in [-0.3, -0.25) is 0 Å². The van der Waals surface area contributed by atoms with Crippen LogP contribution in [0.25, 0.3) is 22.4 Å². The fraction of sp³-hybridized carbons (Fsp3) is 0.250. The molecular weight excluding hydrogens is 326 g/mol. The van der Waals surface area contributed by atoms with Gasteiger partial charge in [-0.05, 0) is 36.7 Å². The average Bonchev–Trinajstić information content (AvgIpc) is 3.43. The molecule has 0 radical (unpaired) electrons. The van der Waals surface area contributed by atoms with Crippen LogP contribution >= 0.6 is 0 Å². The number of fused-ring (bicyclic) bond motifs is 1. The maximum absolute atomic E-state index is 5.49. The van der Waals surface area contributed by atoms with Gasteiger partial charge in [-0.25, -0.2) is 4.98 Å². The number of imidazole rings is 1. The van der Waals surface area contributed by atoms with Crippen molar-refractivity contribution in [1.82, 2.24) is 25.0 Å². The Labute approximate surface area is 150 Å². The second-order valence-corrected chi connectivity index (χ2v) is 6.71. The fourth-order valence-electron chi connectivity index (χ4n) is 3.53. The van der Waals surface area contributed by atoms with Crippen LogP contribution in [0.15, 0.2) is 59.4 Å². The van der Waals surface area contributed by atoms with E-state index in [1.807, 2.05) is 36.7 Å². The van der Waals surface area contributed by atoms with Gasteiger partial charge in [-0.2, -0.15) is 4.98 Å². The van der Waals surface area contributed by atoms with Crippen LogP contribution in [0.4, 0.5) is 0 Å². The van der Waals surface area contributed by atoms with Gasteiger partial charge in [0, 0.05) is 18.7 Å². The van der Waals surface area contributed by atoms with E-state index in [4.69, 9.17) is 4.52 Å². The number of nitrogens with one attached hydrogen (secondary N) is 1. The Morgan fingerprint density at radius 1 is 1.15 bits per heavy atom. The third kappa shape index (κ3) is 2.78. The SMILES string of the molecule is c1cc(Cn2cnc3ccccc32)cc(-c2noc([C@@H]3CCNC3)n2)c1. The van der Waals surface area contributed by atoms with Gasteiger partial charge < -0.3 is 14.4 Å². The van der Waals surface area contributed by atoms with Crippen LogP contribution in [0.1, 0.15) is 23.8 Å². The molecule has 26 heavy (non-hydrogen) atoms. The van der Waals surface area contributed by atoms with Crippen molar-refractivity contribution in [2.45, 2.75) is 18.9 Å². The lowest BCUT2D eigenvalue weighted by Gasteiger charge is -2.06. The van der Waals surface area contributed by atoms with Gasteiger partial charge in [0.2, 0.25) is 11.7 Å². The molecule has 0 bridgehead atoms. The van der Waals surface area contributed by atoms with Crippen LogP contribution < -0.4 is 5.32 Å². The number of benzene rings is 2. The van der Waals surface area contributed by atoms with Crippen LogP contribution in [0.5, 0.6) is 0 Å². The molecule has 0 saturated carbocycles. The first kappa shape index (κ1) is 15.3. The van der Waals surface area contributed by atoms with Crippen LogP contribution in [0, 0.1) is 0 Å². The predicted molar refractivity (Wildman–Crippen MR) is 98.8 cm³/mol. The molecule has 2 aromatic carbocycles. The molecule has 3 heterocycles. The van der Waals surface area contributed by atoms with Gasteiger partial charge in [-0.15, -0.1) is 0 Å². The molecule has 4 aromatic rings. The minimum Gasteiger partial charge on any atom is -0.339 e. The van der Waals surface area contributed by atoms with E-state index in [1.54, 1.807) is 0 Å². The Balaban J connectivity index is 1.42. The Morgan fingerprint density at radius 2 is 2.12 bits per heavy atom. The first-order valence-electron chi connectivity index (χ1n) is 8.90. The highest BCUT2D eigenvalue weighted by molar-refractivity contribution is 5.75. The summed E-state index contributed by atoms with van der Waals surface area (Å²) in [7, 11) is 0. The topological polar surface area (TPSA) is 68.8 Å². The lowest BCUT2D eigenvalue weighted by molar-refractivity contribution is 0.359. The molecule has 1 fully saturated rings. The molecule has 6 nitrogen and oxygen atoms in total. The highest BCUT2D eigenvalue weighted by atomic mass is 16.5. The van der Waals surface area contributed by atoms with Crippen LogP contribution in [-0.4, -0.2) is 32.8 Å². The monoisotopic (exact) mass is 345 g/mol. The summed E-state index contributed by atoms with van der Waals surface area (Å²) < 4.78 is 7.64. The lowest BCUT2D eigenvalue weighted by atomic mass is 10.1. The largest absolute Gasteiger partial charge is 0.339 e. The van der Waals surface area contributed by atoms with Crippen LogP contribution in [-0.2, 0) is 6.54 Å². The molecule has 130 valence electrons. The number of hydrogen-bond acceptors (Lipinski definition) is 5. The van der Waals surface area contributed by atoms with Crippen molar-refractivity contribution in [2.24, 2.45) is 0 Å². The second kappa shape index (κ2) is 6.38. The number of rotatable bonds is 4. The van der Waals surface area contributed by atoms with Crippen molar-refractivity contribution in [3.63, 3.8) is 0 Å². The molecule has 0 spiro atoms. The molecule has 0 amide bonds. The molecule has 1 saturated heterocycles. The Morgan fingerprint density at radius 3 is 3.04 bits per heavy atom. The first-order chi connectivity index (χ1) is 12.9. The summed E-state index contributed by atoms with van der Waals surface area (Å²) in [5.74, 6) is 1.72. The van der Waals surface area contributed by atoms with Crippen molar-refractivity contribution in [3.05, 3.63) is 66.3 Å². The third-order valence-corrected chi connectivity index (χ3v) is 4.92. The summed E-state index contributed by atoms with van der Waals surface area (Å²) in [5, 5.41) is 7.52. The molecule has 1 N–H and O–H groups in total. The Kier molecular flexibility index (Phi) is 3.75. The van der Waals surface area contributed by atoms with E-state index in [9.17, 15) is 0 Å². The predicted octanol–water partition coefficient (Wildman–Crippen LogP) is 3.21. The van der Waals surface area contributed by atoms with Crippen molar-refractivity contribution >= 4 is 11.0 Å². The number of para-hydroxylation sites is 2. The summed E-state index contributed by atoms with van der Waals surface area (Å²) >= 11 is 0. The van der Waals surface area contributed by atoms with Gasteiger partial charge >= 0.3 is 0 Å². The smallest absolute Gasteiger partial charge is 0.231 e. The minimum atomic E-state index is 0.330. The average molecular weight is 345 g/mol. The zero-order valence-corrected chi connectivity index (χ0v) is 14.3. The van der Waals surface area contributed by atoms with Gasteiger partial charge in [0.15, 0.2) is 0 Å². The summed E-state index contributed by atoms with van der Waals surface area (Å²) in [5.41, 5.74) is 4.30. The summed E-state index contributed by atoms with van der Waals surface area (Å²) in [6.45, 7) is 2.68. The van der Waals surface area contributed by atoms with Crippen molar-refractivity contribution < 1.29 is 4.52 Å². The molecule has 0 aliphatic carbocycles. The van der Waals surface area contributed by atoms with E-state index in [0.29, 0.717) is 11.7 Å². The van der Waals surface area contributed by atoms with E-state index >= 15 is 0 Å².